The van der Waals surface area contributed by atoms with Crippen LogP contribution in [0, 0.1) is 0 Å². The first-order chi connectivity index (χ1) is 17.2. The Morgan fingerprint density at radius 2 is 1.81 bits per heavy atom. The number of benzene rings is 2. The van der Waals surface area contributed by atoms with Crippen LogP contribution in [0.25, 0.3) is 0 Å². The smallest absolute Gasteiger partial charge is 0.416 e. The number of piperazine rings is 1. The Labute approximate surface area is 206 Å². The van der Waals surface area contributed by atoms with E-state index in [1.165, 1.54) is 25.5 Å². The number of aromatic nitrogens is 1. The van der Waals surface area contributed by atoms with E-state index in [4.69, 9.17) is 9.15 Å². The first-order valence-corrected chi connectivity index (χ1v) is 11.4. The molecule has 2 aromatic carbocycles. The number of amides is 1. The number of hydrogen-bond donors (Lipinski definition) is 2. The van der Waals surface area contributed by atoms with Crippen molar-refractivity contribution in [3.05, 3.63) is 77.0 Å². The number of aromatic hydroxyl groups is 1. The highest BCUT2D eigenvalue weighted by atomic mass is 19.4. The van der Waals surface area contributed by atoms with Crippen LogP contribution in [-0.4, -0.2) is 59.1 Å². The van der Waals surface area contributed by atoms with Gasteiger partial charge in [0.15, 0.2) is 17.2 Å². The van der Waals surface area contributed by atoms with Gasteiger partial charge in [-0.15, -0.1) is 0 Å². The molecule has 0 spiro atoms. The van der Waals surface area contributed by atoms with Crippen LogP contribution in [0.1, 0.15) is 33.1 Å². The van der Waals surface area contributed by atoms with Gasteiger partial charge in [0.05, 0.1) is 19.2 Å². The second-order valence-corrected chi connectivity index (χ2v) is 8.57. The van der Waals surface area contributed by atoms with Crippen molar-refractivity contribution in [2.75, 3.05) is 33.3 Å². The van der Waals surface area contributed by atoms with Crippen molar-refractivity contribution in [1.29, 1.82) is 0 Å². The van der Waals surface area contributed by atoms with Gasteiger partial charge in [-0.05, 0) is 35.4 Å². The molecule has 2 heterocycles. The Bertz CT molecular complexity index is 1190. The molecule has 4 rings (SSSR count). The molecule has 1 aliphatic heterocycles. The Balaban J connectivity index is 1.24. The third kappa shape index (κ3) is 6.55. The molecule has 8 nitrogen and oxygen atoms in total. The highest BCUT2D eigenvalue weighted by Gasteiger charge is 2.30. The number of carbonyl (C=O) groups is 1. The lowest BCUT2D eigenvalue weighted by atomic mass is 10.1. The zero-order valence-corrected chi connectivity index (χ0v) is 19.7. The number of halogens is 3. The normalized spacial score (nSPS) is 15.1. The number of ether oxygens (including phenoxy) is 1. The molecule has 0 saturated carbocycles. The summed E-state index contributed by atoms with van der Waals surface area (Å²) < 4.78 is 49.2. The Morgan fingerprint density at radius 1 is 1.08 bits per heavy atom. The van der Waals surface area contributed by atoms with Crippen molar-refractivity contribution in [3.63, 3.8) is 0 Å². The van der Waals surface area contributed by atoms with Crippen molar-refractivity contribution in [3.8, 4) is 11.5 Å². The summed E-state index contributed by atoms with van der Waals surface area (Å²) in [6.07, 6.45) is -3.18. The lowest BCUT2D eigenvalue weighted by molar-refractivity contribution is -0.137. The molecule has 0 atom stereocenters. The minimum absolute atomic E-state index is 0.0557. The van der Waals surface area contributed by atoms with Gasteiger partial charge in [0.2, 0.25) is 5.89 Å². The lowest BCUT2D eigenvalue weighted by Crippen LogP contribution is -2.45. The summed E-state index contributed by atoms with van der Waals surface area (Å²) in [7, 11) is 1.52. The predicted octanol–water partition coefficient (Wildman–Crippen LogP) is 3.66. The molecule has 1 saturated heterocycles. The van der Waals surface area contributed by atoms with Crippen LogP contribution in [0.2, 0.25) is 0 Å². The lowest BCUT2D eigenvalue weighted by Gasteiger charge is -2.34. The summed E-state index contributed by atoms with van der Waals surface area (Å²) in [5, 5.41) is 12.3. The van der Waals surface area contributed by atoms with E-state index in [0.717, 1.165) is 50.4 Å². The van der Waals surface area contributed by atoms with Gasteiger partial charge in [-0.3, -0.25) is 14.6 Å². The van der Waals surface area contributed by atoms with Crippen molar-refractivity contribution in [1.82, 2.24) is 20.1 Å². The van der Waals surface area contributed by atoms with Crippen LogP contribution in [-0.2, 0) is 25.8 Å². The summed E-state index contributed by atoms with van der Waals surface area (Å²) in [5.74, 6) is 0.443. The number of nitrogens with one attached hydrogen (secondary N) is 1. The molecule has 1 aliphatic rings. The molecule has 0 aliphatic carbocycles. The molecule has 0 bridgehead atoms. The van der Waals surface area contributed by atoms with Crippen molar-refractivity contribution < 1.29 is 32.2 Å². The number of methoxy groups -OCH3 is 1. The van der Waals surface area contributed by atoms with E-state index in [2.05, 4.69) is 20.1 Å². The summed E-state index contributed by atoms with van der Waals surface area (Å²) in [4.78, 5) is 21.1. The third-order valence-electron chi connectivity index (χ3n) is 5.97. The topological polar surface area (TPSA) is 91.1 Å². The maximum Gasteiger partial charge on any atom is 0.416 e. The molecule has 1 amide bonds. The van der Waals surface area contributed by atoms with Crippen LogP contribution in [0.4, 0.5) is 13.2 Å². The van der Waals surface area contributed by atoms with E-state index in [-0.39, 0.29) is 18.0 Å². The average molecular weight is 505 g/mol. The maximum absolute atomic E-state index is 12.9. The van der Waals surface area contributed by atoms with Gasteiger partial charge < -0.3 is 19.6 Å². The quantitative estimate of drug-likeness (QED) is 0.484. The van der Waals surface area contributed by atoms with Gasteiger partial charge in [0.25, 0.3) is 5.91 Å². The van der Waals surface area contributed by atoms with E-state index in [1.54, 1.807) is 6.07 Å². The third-order valence-corrected chi connectivity index (χ3v) is 5.97. The van der Waals surface area contributed by atoms with E-state index >= 15 is 0 Å². The number of rotatable bonds is 8. The first kappa shape index (κ1) is 25.5. The fourth-order valence-electron chi connectivity index (χ4n) is 3.99. The highest BCUT2D eigenvalue weighted by Crippen LogP contribution is 2.29. The van der Waals surface area contributed by atoms with E-state index in [1.807, 2.05) is 12.1 Å². The molecule has 0 unspecified atom stereocenters. The number of carbonyl (C=O) groups excluding carboxylic acids is 1. The van der Waals surface area contributed by atoms with Crippen LogP contribution in [0.15, 0.2) is 53.1 Å². The second kappa shape index (κ2) is 11.0. The first-order valence-electron chi connectivity index (χ1n) is 11.4. The van der Waals surface area contributed by atoms with E-state index < -0.39 is 17.6 Å². The summed E-state index contributed by atoms with van der Waals surface area (Å²) >= 11 is 0. The van der Waals surface area contributed by atoms with Crippen LogP contribution in [0.3, 0.4) is 0 Å². The Hall–Kier alpha value is -3.57. The number of nitrogens with zero attached hydrogens (tertiary/aromatic N) is 3. The molecule has 192 valence electrons. The maximum atomic E-state index is 12.9. The molecular formula is C25H27F3N4O4. The Kier molecular flexibility index (Phi) is 7.80. The monoisotopic (exact) mass is 504 g/mol. The van der Waals surface area contributed by atoms with Gasteiger partial charge in [0.1, 0.15) is 6.26 Å². The molecule has 0 radical (unpaired) electrons. The van der Waals surface area contributed by atoms with Crippen LogP contribution < -0.4 is 10.1 Å². The number of phenolic OH excluding ortho intramolecular Hbond substituents is 1. The Morgan fingerprint density at radius 3 is 2.50 bits per heavy atom. The van der Waals surface area contributed by atoms with Gasteiger partial charge in [0, 0.05) is 39.3 Å². The fourth-order valence-corrected chi connectivity index (χ4v) is 3.99. The van der Waals surface area contributed by atoms with E-state index in [0.29, 0.717) is 23.7 Å². The van der Waals surface area contributed by atoms with Gasteiger partial charge in [-0.25, -0.2) is 4.98 Å². The fraction of sp³-hybridized carbons (Fsp3) is 0.360. The van der Waals surface area contributed by atoms with Gasteiger partial charge in [-0.1, -0.05) is 18.2 Å². The SMILES string of the molecule is COc1cc(CN2CCN(Cc3nc(C(=O)NCc4cccc(C(F)(F)F)c4)co3)CC2)ccc1O. The minimum atomic E-state index is -4.44. The zero-order valence-electron chi connectivity index (χ0n) is 19.7. The summed E-state index contributed by atoms with van der Waals surface area (Å²) in [6.45, 7) is 4.35. The molecule has 11 heteroatoms. The van der Waals surface area contributed by atoms with Crippen molar-refractivity contribution >= 4 is 5.91 Å². The molecular weight excluding hydrogens is 477 g/mol. The minimum Gasteiger partial charge on any atom is -0.504 e. The average Bonchev–Trinajstić information content (AvgIpc) is 3.33. The number of alkyl halides is 3. The molecule has 1 aromatic heterocycles. The van der Waals surface area contributed by atoms with Crippen LogP contribution in [0.5, 0.6) is 11.5 Å². The summed E-state index contributed by atoms with van der Waals surface area (Å²) in [6, 6.07) is 10.1. The number of oxazole rings is 1. The van der Waals surface area contributed by atoms with Gasteiger partial charge in [-0.2, -0.15) is 13.2 Å². The molecule has 36 heavy (non-hydrogen) atoms. The number of phenols is 1. The highest BCUT2D eigenvalue weighted by molar-refractivity contribution is 5.91. The zero-order chi connectivity index (χ0) is 25.7. The standard InChI is InChI=1S/C25H27F3N4O4/c1-35-22-12-18(5-6-21(22)33)14-31-7-9-32(10-8-31)15-23-30-20(16-36-23)24(34)29-13-17-3-2-4-19(11-17)25(26,27)28/h2-6,11-12,16,33H,7-10,13-15H2,1H3,(H,29,34). The van der Waals surface area contributed by atoms with Crippen molar-refractivity contribution in [2.24, 2.45) is 0 Å². The van der Waals surface area contributed by atoms with Crippen molar-refractivity contribution in [2.45, 2.75) is 25.8 Å². The predicted molar refractivity (Wildman–Crippen MR) is 124 cm³/mol. The van der Waals surface area contributed by atoms with Gasteiger partial charge >= 0.3 is 6.18 Å². The number of hydrogen-bond acceptors (Lipinski definition) is 7. The van der Waals surface area contributed by atoms with Crippen LogP contribution >= 0.6 is 0 Å². The molecule has 2 N–H and O–H groups in total. The second-order valence-electron chi connectivity index (χ2n) is 8.57. The van der Waals surface area contributed by atoms with E-state index in [9.17, 15) is 23.1 Å². The molecule has 1 fully saturated rings. The summed E-state index contributed by atoms with van der Waals surface area (Å²) in [5.41, 5.74) is 0.704. The molecule has 3 aromatic rings. The largest absolute Gasteiger partial charge is 0.504 e.